The van der Waals surface area contributed by atoms with E-state index in [4.69, 9.17) is 9.15 Å². The lowest BCUT2D eigenvalue weighted by molar-refractivity contribution is 0.217. The third-order valence-corrected chi connectivity index (χ3v) is 4.19. The summed E-state index contributed by atoms with van der Waals surface area (Å²) in [7, 11) is -1.95. The number of sulfonamides is 1. The molecule has 122 valence electrons. The molecule has 1 aromatic heterocycles. The molecule has 0 atom stereocenters. The first-order valence-corrected chi connectivity index (χ1v) is 8.73. The first-order valence-electron chi connectivity index (χ1n) is 7.07. The predicted molar refractivity (Wildman–Crippen MR) is 86.5 cm³/mol. The van der Waals surface area contributed by atoms with E-state index in [1.54, 1.807) is 18.2 Å². The minimum atomic E-state index is -3.42. The smallest absolute Gasteiger partial charge is 0.235 e. The Morgan fingerprint density at radius 2 is 2.05 bits per heavy atom. The molecule has 22 heavy (non-hydrogen) atoms. The van der Waals surface area contributed by atoms with Gasteiger partial charge in [-0.3, -0.25) is 4.72 Å². The summed E-state index contributed by atoms with van der Waals surface area (Å²) in [5.74, 6) is 0.567. The lowest BCUT2D eigenvalue weighted by Crippen LogP contribution is -2.19. The molecule has 1 N–H and O–H groups in total. The minimum absolute atomic E-state index is 0.0748. The van der Waals surface area contributed by atoms with Crippen molar-refractivity contribution in [2.75, 3.05) is 24.2 Å². The summed E-state index contributed by atoms with van der Waals surface area (Å²) in [6.45, 7) is 6.48. The summed E-state index contributed by atoms with van der Waals surface area (Å²) in [4.78, 5) is 4.42. The van der Waals surface area contributed by atoms with Gasteiger partial charge in [0, 0.05) is 13.5 Å². The van der Waals surface area contributed by atoms with Crippen molar-refractivity contribution in [1.82, 2.24) is 4.98 Å². The van der Waals surface area contributed by atoms with Crippen molar-refractivity contribution in [3.63, 3.8) is 0 Å². The third kappa shape index (κ3) is 4.71. The molecule has 0 amide bonds. The zero-order chi connectivity index (χ0) is 16.4. The highest BCUT2D eigenvalue weighted by atomic mass is 32.2. The molecule has 2 rings (SSSR count). The van der Waals surface area contributed by atoms with Crippen molar-refractivity contribution in [3.05, 3.63) is 24.1 Å². The Kier molecular flexibility index (Phi) is 4.77. The van der Waals surface area contributed by atoms with Gasteiger partial charge in [0.05, 0.1) is 18.0 Å². The molecule has 0 fully saturated rings. The van der Waals surface area contributed by atoms with E-state index < -0.39 is 10.0 Å². The van der Waals surface area contributed by atoms with Crippen LogP contribution in [-0.4, -0.2) is 32.9 Å². The summed E-state index contributed by atoms with van der Waals surface area (Å²) in [5, 5.41) is 0. The van der Waals surface area contributed by atoms with Gasteiger partial charge in [-0.15, -0.1) is 0 Å². The van der Waals surface area contributed by atoms with Crippen LogP contribution in [0.2, 0.25) is 0 Å². The fourth-order valence-electron chi connectivity index (χ4n) is 1.99. The van der Waals surface area contributed by atoms with Crippen LogP contribution in [0.25, 0.3) is 11.1 Å². The second-order valence-electron chi connectivity index (χ2n) is 6.44. The van der Waals surface area contributed by atoms with Gasteiger partial charge < -0.3 is 9.15 Å². The quantitative estimate of drug-likeness (QED) is 0.882. The topological polar surface area (TPSA) is 81.4 Å². The average Bonchev–Trinajstić information content (AvgIpc) is 2.74. The largest absolute Gasteiger partial charge is 0.441 e. The van der Waals surface area contributed by atoms with E-state index in [-0.39, 0.29) is 17.8 Å². The van der Waals surface area contributed by atoms with Gasteiger partial charge in [0.25, 0.3) is 0 Å². The normalized spacial score (nSPS) is 12.7. The van der Waals surface area contributed by atoms with Gasteiger partial charge in [-0.1, -0.05) is 20.8 Å². The van der Waals surface area contributed by atoms with Gasteiger partial charge in [-0.2, -0.15) is 0 Å². The van der Waals surface area contributed by atoms with Crippen molar-refractivity contribution < 1.29 is 17.6 Å². The molecule has 0 aliphatic rings. The van der Waals surface area contributed by atoms with E-state index in [0.717, 1.165) is 6.42 Å². The number of fused-ring (bicyclic) bond motifs is 1. The molecule has 0 aliphatic carbocycles. The second kappa shape index (κ2) is 6.26. The molecule has 0 bridgehead atoms. The van der Waals surface area contributed by atoms with Crippen molar-refractivity contribution in [2.45, 2.75) is 27.2 Å². The lowest BCUT2D eigenvalue weighted by Gasteiger charge is -2.14. The number of methoxy groups -OCH3 is 1. The molecular formula is C15H22N2O4S. The maximum atomic E-state index is 11.9. The number of nitrogens with zero attached hydrogens (tertiary/aromatic N) is 1. The number of hydrogen-bond acceptors (Lipinski definition) is 5. The Morgan fingerprint density at radius 1 is 1.32 bits per heavy atom. The molecule has 0 saturated heterocycles. The zero-order valence-corrected chi connectivity index (χ0v) is 14.2. The fraction of sp³-hybridized carbons (Fsp3) is 0.533. The van der Waals surface area contributed by atoms with Gasteiger partial charge in [0.2, 0.25) is 10.0 Å². The first-order chi connectivity index (χ1) is 10.2. The number of nitrogens with one attached hydrogen (secondary N) is 1. The van der Waals surface area contributed by atoms with E-state index in [9.17, 15) is 8.42 Å². The van der Waals surface area contributed by atoms with Gasteiger partial charge >= 0.3 is 0 Å². The van der Waals surface area contributed by atoms with Crippen LogP contribution in [0.4, 0.5) is 5.69 Å². The highest BCUT2D eigenvalue weighted by molar-refractivity contribution is 7.92. The third-order valence-electron chi connectivity index (χ3n) is 2.94. The van der Waals surface area contributed by atoms with E-state index >= 15 is 0 Å². The Hall–Kier alpha value is -1.60. The van der Waals surface area contributed by atoms with Gasteiger partial charge in [-0.05, 0) is 23.6 Å². The molecule has 0 saturated carbocycles. The van der Waals surface area contributed by atoms with Crippen molar-refractivity contribution >= 4 is 26.8 Å². The van der Waals surface area contributed by atoms with Crippen molar-refractivity contribution in [3.8, 4) is 0 Å². The fourth-order valence-corrected chi connectivity index (χ4v) is 2.97. The number of aromatic nitrogens is 1. The highest BCUT2D eigenvalue weighted by Gasteiger charge is 2.17. The van der Waals surface area contributed by atoms with Crippen molar-refractivity contribution in [2.24, 2.45) is 5.41 Å². The summed E-state index contributed by atoms with van der Waals surface area (Å²) >= 11 is 0. The first kappa shape index (κ1) is 16.8. The number of benzene rings is 1. The molecule has 0 aliphatic heterocycles. The van der Waals surface area contributed by atoms with Crippen LogP contribution in [0.5, 0.6) is 0 Å². The number of anilines is 1. The van der Waals surface area contributed by atoms with Crippen LogP contribution >= 0.6 is 0 Å². The average molecular weight is 326 g/mol. The van der Waals surface area contributed by atoms with Crippen LogP contribution in [-0.2, 0) is 21.2 Å². The van der Waals surface area contributed by atoms with Crippen LogP contribution < -0.4 is 4.72 Å². The van der Waals surface area contributed by atoms with E-state index in [1.807, 2.05) is 0 Å². The maximum absolute atomic E-state index is 11.9. The molecule has 0 radical (unpaired) electrons. The Morgan fingerprint density at radius 3 is 2.68 bits per heavy atom. The standard InChI is InChI=1S/C15H22N2O4S/c1-15(2,3)10-14-16-12-9-11(5-6-13(12)21-14)17-22(18,19)8-7-20-4/h5-6,9,17H,7-8,10H2,1-4H3. The Labute approximate surface area is 130 Å². The van der Waals surface area contributed by atoms with Crippen LogP contribution in [0.1, 0.15) is 26.7 Å². The van der Waals surface area contributed by atoms with Gasteiger partial charge in [0.1, 0.15) is 5.52 Å². The minimum Gasteiger partial charge on any atom is -0.441 e. The molecule has 6 nitrogen and oxygen atoms in total. The Balaban J connectivity index is 2.20. The number of rotatable bonds is 6. The zero-order valence-electron chi connectivity index (χ0n) is 13.3. The maximum Gasteiger partial charge on any atom is 0.235 e. The van der Waals surface area contributed by atoms with Crippen LogP contribution in [0, 0.1) is 5.41 Å². The molecule has 0 spiro atoms. The Bertz CT molecular complexity index is 744. The summed E-state index contributed by atoms with van der Waals surface area (Å²) in [6.07, 6.45) is 0.719. The number of ether oxygens (including phenoxy) is 1. The van der Waals surface area contributed by atoms with Gasteiger partial charge in [-0.25, -0.2) is 13.4 Å². The molecular weight excluding hydrogens is 304 g/mol. The van der Waals surface area contributed by atoms with E-state index in [0.29, 0.717) is 22.7 Å². The van der Waals surface area contributed by atoms with Crippen molar-refractivity contribution in [1.29, 1.82) is 0 Å². The summed E-state index contributed by atoms with van der Waals surface area (Å²) in [5.41, 5.74) is 1.84. The molecule has 2 aromatic rings. The van der Waals surface area contributed by atoms with E-state index in [2.05, 4.69) is 30.5 Å². The number of hydrogen-bond donors (Lipinski definition) is 1. The van der Waals surface area contributed by atoms with Crippen LogP contribution in [0.3, 0.4) is 0 Å². The monoisotopic (exact) mass is 326 g/mol. The molecule has 7 heteroatoms. The van der Waals surface area contributed by atoms with E-state index in [1.165, 1.54) is 7.11 Å². The number of oxazole rings is 1. The summed E-state index contributed by atoms with van der Waals surface area (Å²) < 4.78 is 36.7. The molecule has 1 heterocycles. The predicted octanol–water partition coefficient (Wildman–Crippen LogP) is 2.80. The lowest BCUT2D eigenvalue weighted by atomic mass is 9.92. The second-order valence-corrected chi connectivity index (χ2v) is 8.28. The molecule has 0 unspecified atom stereocenters. The van der Waals surface area contributed by atoms with Gasteiger partial charge in [0.15, 0.2) is 11.5 Å². The van der Waals surface area contributed by atoms with Crippen LogP contribution in [0.15, 0.2) is 22.6 Å². The molecule has 1 aromatic carbocycles. The summed E-state index contributed by atoms with van der Waals surface area (Å²) in [6, 6.07) is 5.07. The highest BCUT2D eigenvalue weighted by Crippen LogP contribution is 2.25. The SMILES string of the molecule is COCCS(=O)(=O)Nc1ccc2oc(CC(C)(C)C)nc2c1.